The van der Waals surface area contributed by atoms with Crippen LogP contribution in [-0.2, 0) is 10.9 Å². The van der Waals surface area contributed by atoms with Gasteiger partial charge in [-0.15, -0.1) is 0 Å². The largest absolute Gasteiger partial charge is 0.425 e. The van der Waals surface area contributed by atoms with Gasteiger partial charge < -0.3 is 15.4 Å². The van der Waals surface area contributed by atoms with E-state index >= 15 is 0 Å². The molecular formula is C20H21F3N4O2. The molecule has 0 saturated heterocycles. The molecule has 0 fully saturated rings. The number of benzene rings is 2. The van der Waals surface area contributed by atoms with E-state index in [1.807, 2.05) is 6.92 Å². The number of halogens is 3. The zero-order chi connectivity index (χ0) is 21.4. The second kappa shape index (κ2) is 9.72. The molecule has 0 heterocycles. The number of hydrogen-bond donors (Lipinski definition) is 4. The summed E-state index contributed by atoms with van der Waals surface area (Å²) in [5, 5.41) is 20.2. The number of unbranched alkanes of at least 4 members (excludes halogenated alkanes) is 1. The standard InChI is InChI=1S/C20H21F3N4O2/c1-2-3-8-17(24)29-18(25)13-9-11-14(12-10-13)26-19(28)27-16-7-5-4-6-15(16)20(21,22)23/h4-7,9-12,24-25H,2-3,8H2,1H3,(H2,26,27,28). The molecule has 9 heteroatoms. The Hall–Kier alpha value is -3.36. The van der Waals surface area contributed by atoms with Crippen molar-refractivity contribution >= 4 is 29.2 Å². The van der Waals surface area contributed by atoms with Crippen LogP contribution in [0.1, 0.15) is 37.3 Å². The smallest absolute Gasteiger partial charge is 0.418 e. The van der Waals surface area contributed by atoms with Crippen molar-refractivity contribution in [3.8, 4) is 0 Å². The summed E-state index contributed by atoms with van der Waals surface area (Å²) >= 11 is 0. The Morgan fingerprint density at radius 2 is 1.69 bits per heavy atom. The number of urea groups is 1. The van der Waals surface area contributed by atoms with Gasteiger partial charge in [0.25, 0.3) is 0 Å². The third-order valence-corrected chi connectivity index (χ3v) is 3.87. The van der Waals surface area contributed by atoms with Crippen LogP contribution in [0, 0.1) is 10.8 Å². The van der Waals surface area contributed by atoms with Crippen molar-refractivity contribution < 1.29 is 22.7 Å². The maximum absolute atomic E-state index is 13.0. The molecule has 6 nitrogen and oxygen atoms in total. The number of alkyl halides is 3. The monoisotopic (exact) mass is 406 g/mol. The van der Waals surface area contributed by atoms with Crippen molar-refractivity contribution in [2.45, 2.75) is 32.4 Å². The highest BCUT2D eigenvalue weighted by Gasteiger charge is 2.33. The van der Waals surface area contributed by atoms with Gasteiger partial charge in [0.15, 0.2) is 5.90 Å². The molecule has 0 aromatic heterocycles. The summed E-state index contributed by atoms with van der Waals surface area (Å²) in [7, 11) is 0. The Balaban J connectivity index is 1.97. The Labute approximate surface area is 166 Å². The van der Waals surface area contributed by atoms with Gasteiger partial charge in [0.1, 0.15) is 0 Å². The Morgan fingerprint density at radius 1 is 1.03 bits per heavy atom. The van der Waals surface area contributed by atoms with E-state index in [4.69, 9.17) is 15.6 Å². The fourth-order valence-corrected chi connectivity index (χ4v) is 2.40. The molecule has 0 atom stereocenters. The van der Waals surface area contributed by atoms with Gasteiger partial charge in [0, 0.05) is 17.7 Å². The van der Waals surface area contributed by atoms with Gasteiger partial charge in [0.2, 0.25) is 5.90 Å². The SMILES string of the molecule is CCCCC(=N)OC(=N)c1ccc(NC(=O)Nc2ccccc2C(F)(F)F)cc1. The van der Waals surface area contributed by atoms with Crippen molar-refractivity contribution in [2.24, 2.45) is 0 Å². The van der Waals surface area contributed by atoms with Crippen molar-refractivity contribution in [1.82, 2.24) is 0 Å². The second-order valence-corrected chi connectivity index (χ2v) is 6.16. The number of ether oxygens (including phenoxy) is 1. The third kappa shape index (κ3) is 6.63. The molecule has 0 aliphatic rings. The van der Waals surface area contributed by atoms with Gasteiger partial charge >= 0.3 is 12.2 Å². The number of nitrogens with one attached hydrogen (secondary N) is 4. The predicted octanol–water partition coefficient (Wildman–Crippen LogP) is 5.86. The van der Waals surface area contributed by atoms with Gasteiger partial charge in [0.05, 0.1) is 11.3 Å². The van der Waals surface area contributed by atoms with Gasteiger partial charge in [-0.1, -0.05) is 25.5 Å². The number of carbonyl (C=O) groups excluding carboxylic acids is 1. The van der Waals surface area contributed by atoms with Gasteiger partial charge in [-0.25, -0.2) is 4.79 Å². The average Bonchev–Trinajstić information content (AvgIpc) is 2.66. The molecule has 0 radical (unpaired) electrons. The average molecular weight is 406 g/mol. The minimum atomic E-state index is -4.59. The van der Waals surface area contributed by atoms with Crippen LogP contribution in [0.5, 0.6) is 0 Å². The fraction of sp³-hybridized carbons (Fsp3) is 0.250. The number of carbonyl (C=O) groups is 1. The Bertz CT molecular complexity index is 880. The number of amides is 2. The summed E-state index contributed by atoms with van der Waals surface area (Å²) in [5.41, 5.74) is -0.569. The van der Waals surface area contributed by atoms with E-state index in [-0.39, 0.29) is 17.5 Å². The third-order valence-electron chi connectivity index (χ3n) is 3.87. The Kier molecular flexibility index (Phi) is 7.35. The normalized spacial score (nSPS) is 10.9. The number of anilines is 2. The number of para-hydroxylation sites is 1. The molecular weight excluding hydrogens is 385 g/mol. The number of hydrogen-bond acceptors (Lipinski definition) is 4. The maximum Gasteiger partial charge on any atom is 0.418 e. The summed E-state index contributed by atoms with van der Waals surface area (Å²) in [6, 6.07) is 9.83. The summed E-state index contributed by atoms with van der Waals surface area (Å²) < 4.78 is 44.1. The van der Waals surface area contributed by atoms with E-state index in [2.05, 4.69) is 10.6 Å². The van der Waals surface area contributed by atoms with Crippen molar-refractivity contribution in [1.29, 1.82) is 10.8 Å². The van der Waals surface area contributed by atoms with E-state index in [0.717, 1.165) is 25.0 Å². The molecule has 29 heavy (non-hydrogen) atoms. The first kappa shape index (κ1) is 21.9. The van der Waals surface area contributed by atoms with Crippen LogP contribution >= 0.6 is 0 Å². The fourth-order valence-electron chi connectivity index (χ4n) is 2.40. The molecule has 0 unspecified atom stereocenters. The molecule has 2 aromatic carbocycles. The van der Waals surface area contributed by atoms with Gasteiger partial charge in [-0.2, -0.15) is 13.2 Å². The highest BCUT2D eigenvalue weighted by molar-refractivity contribution is 6.02. The lowest BCUT2D eigenvalue weighted by Crippen LogP contribution is -2.21. The van der Waals surface area contributed by atoms with E-state index < -0.39 is 17.8 Å². The lowest BCUT2D eigenvalue weighted by Gasteiger charge is -2.14. The Morgan fingerprint density at radius 3 is 2.31 bits per heavy atom. The van der Waals surface area contributed by atoms with Gasteiger partial charge in [-0.3, -0.25) is 10.8 Å². The highest BCUT2D eigenvalue weighted by Crippen LogP contribution is 2.34. The molecule has 4 N–H and O–H groups in total. The van der Waals surface area contributed by atoms with Crippen molar-refractivity contribution in [3.63, 3.8) is 0 Å². The zero-order valence-corrected chi connectivity index (χ0v) is 15.7. The van der Waals surface area contributed by atoms with E-state index in [0.29, 0.717) is 17.7 Å². The predicted molar refractivity (Wildman–Crippen MR) is 106 cm³/mol. The van der Waals surface area contributed by atoms with Crippen LogP contribution < -0.4 is 10.6 Å². The quantitative estimate of drug-likeness (QED) is 0.357. The molecule has 0 aliphatic carbocycles. The van der Waals surface area contributed by atoms with Crippen LogP contribution in [0.4, 0.5) is 29.3 Å². The van der Waals surface area contributed by atoms with Crippen LogP contribution in [0.25, 0.3) is 0 Å². The van der Waals surface area contributed by atoms with Crippen LogP contribution in [-0.4, -0.2) is 17.8 Å². The van der Waals surface area contributed by atoms with E-state index in [1.54, 1.807) is 0 Å². The van der Waals surface area contributed by atoms with Crippen LogP contribution in [0.2, 0.25) is 0 Å². The molecule has 0 saturated carbocycles. The minimum absolute atomic E-state index is 0.00163. The van der Waals surface area contributed by atoms with Gasteiger partial charge in [-0.05, 0) is 42.8 Å². The first-order valence-electron chi connectivity index (χ1n) is 8.89. The molecule has 0 aliphatic heterocycles. The number of rotatable bonds is 6. The van der Waals surface area contributed by atoms with E-state index in [9.17, 15) is 18.0 Å². The van der Waals surface area contributed by atoms with Crippen LogP contribution in [0.3, 0.4) is 0 Å². The molecule has 2 aromatic rings. The molecule has 2 amide bonds. The molecule has 154 valence electrons. The lowest BCUT2D eigenvalue weighted by atomic mass is 10.1. The van der Waals surface area contributed by atoms with Crippen LogP contribution in [0.15, 0.2) is 48.5 Å². The summed E-state index contributed by atoms with van der Waals surface area (Å²) in [6.07, 6.45) is -2.44. The summed E-state index contributed by atoms with van der Waals surface area (Å²) in [4.78, 5) is 12.0. The van der Waals surface area contributed by atoms with Crippen molar-refractivity contribution in [3.05, 3.63) is 59.7 Å². The highest BCUT2D eigenvalue weighted by atomic mass is 19.4. The molecule has 2 rings (SSSR count). The lowest BCUT2D eigenvalue weighted by molar-refractivity contribution is -0.136. The topological polar surface area (TPSA) is 98.1 Å². The molecule has 0 spiro atoms. The molecule has 0 bridgehead atoms. The summed E-state index contributed by atoms with van der Waals surface area (Å²) in [6.45, 7) is 1.99. The zero-order valence-electron chi connectivity index (χ0n) is 15.7. The first-order valence-corrected chi connectivity index (χ1v) is 8.89. The first-order chi connectivity index (χ1) is 13.7. The van der Waals surface area contributed by atoms with E-state index in [1.165, 1.54) is 36.4 Å². The van der Waals surface area contributed by atoms with Crippen molar-refractivity contribution in [2.75, 3.05) is 10.6 Å². The summed E-state index contributed by atoms with van der Waals surface area (Å²) in [5.74, 6) is -0.192. The second-order valence-electron chi connectivity index (χ2n) is 6.16. The minimum Gasteiger partial charge on any atom is -0.425 e. The maximum atomic E-state index is 13.0.